The van der Waals surface area contributed by atoms with E-state index in [4.69, 9.17) is 4.74 Å². The molecule has 0 aliphatic heterocycles. The smallest absolute Gasteiger partial charge is 0.317 e. The predicted octanol–water partition coefficient (Wildman–Crippen LogP) is 3.49. The Labute approximate surface area is 138 Å². The van der Waals surface area contributed by atoms with Crippen molar-refractivity contribution in [3.05, 3.63) is 60.4 Å². The molecule has 6 heteroatoms. The van der Waals surface area contributed by atoms with Crippen molar-refractivity contribution in [2.75, 3.05) is 11.1 Å². The third kappa shape index (κ3) is 5.75. The summed E-state index contributed by atoms with van der Waals surface area (Å²) in [5.41, 5.74) is 0.316. The van der Waals surface area contributed by atoms with E-state index in [-0.39, 0.29) is 5.75 Å². The Morgan fingerprint density at radius 1 is 1.17 bits per heavy atom. The Hall–Kier alpha value is -2.34. The quantitative estimate of drug-likeness (QED) is 0.649. The highest BCUT2D eigenvalue weighted by molar-refractivity contribution is 8.00. The fraction of sp³-hybridized carbons (Fsp3) is 0.176. The first kappa shape index (κ1) is 17.0. The minimum Gasteiger partial charge on any atom is -0.452 e. The zero-order valence-electron chi connectivity index (χ0n) is 12.5. The highest BCUT2D eigenvalue weighted by Crippen LogP contribution is 2.17. The molecule has 0 bridgehead atoms. The van der Waals surface area contributed by atoms with Crippen LogP contribution in [0.2, 0.25) is 0 Å². The van der Waals surface area contributed by atoms with E-state index >= 15 is 0 Å². The van der Waals surface area contributed by atoms with Crippen LogP contribution < -0.4 is 5.32 Å². The number of anilines is 1. The SMILES string of the molecule is C[C@H](OC(=O)CSc1ccccc1)C(=O)Nc1cccc(F)c1. The summed E-state index contributed by atoms with van der Waals surface area (Å²) in [7, 11) is 0. The maximum absolute atomic E-state index is 13.1. The van der Waals surface area contributed by atoms with Crippen molar-refractivity contribution in [1.82, 2.24) is 0 Å². The van der Waals surface area contributed by atoms with Gasteiger partial charge in [-0.05, 0) is 37.3 Å². The van der Waals surface area contributed by atoms with E-state index in [1.807, 2.05) is 30.3 Å². The lowest BCUT2D eigenvalue weighted by Gasteiger charge is -2.13. The Morgan fingerprint density at radius 3 is 2.61 bits per heavy atom. The van der Waals surface area contributed by atoms with E-state index in [1.165, 1.54) is 36.9 Å². The summed E-state index contributed by atoms with van der Waals surface area (Å²) in [5, 5.41) is 2.50. The van der Waals surface area contributed by atoms with Crippen LogP contribution in [0.1, 0.15) is 6.92 Å². The van der Waals surface area contributed by atoms with Gasteiger partial charge in [-0.2, -0.15) is 0 Å². The first-order valence-corrected chi connectivity index (χ1v) is 7.97. The van der Waals surface area contributed by atoms with Crippen molar-refractivity contribution in [2.24, 2.45) is 0 Å². The molecule has 2 rings (SSSR count). The molecule has 0 fully saturated rings. The second-order valence-electron chi connectivity index (χ2n) is 4.73. The molecule has 0 spiro atoms. The molecule has 1 N–H and O–H groups in total. The van der Waals surface area contributed by atoms with E-state index in [9.17, 15) is 14.0 Å². The molecule has 0 saturated carbocycles. The van der Waals surface area contributed by atoms with Gasteiger partial charge in [-0.25, -0.2) is 4.39 Å². The summed E-state index contributed by atoms with van der Waals surface area (Å²) in [6.07, 6.45) is -0.956. The summed E-state index contributed by atoms with van der Waals surface area (Å²) >= 11 is 1.33. The Morgan fingerprint density at radius 2 is 1.91 bits per heavy atom. The number of hydrogen-bond donors (Lipinski definition) is 1. The molecule has 1 amide bonds. The summed E-state index contributed by atoms with van der Waals surface area (Å²) in [4.78, 5) is 24.6. The van der Waals surface area contributed by atoms with Crippen LogP contribution in [0.4, 0.5) is 10.1 Å². The standard InChI is InChI=1S/C17H16FNO3S/c1-12(17(21)19-14-7-5-6-13(18)10-14)22-16(20)11-23-15-8-3-2-4-9-15/h2-10,12H,11H2,1H3,(H,19,21)/t12-/m0/s1. The lowest BCUT2D eigenvalue weighted by atomic mass is 10.3. The minimum absolute atomic E-state index is 0.113. The lowest BCUT2D eigenvalue weighted by molar-refractivity contribution is -0.150. The average Bonchev–Trinajstić information content (AvgIpc) is 2.54. The molecule has 23 heavy (non-hydrogen) atoms. The number of amides is 1. The molecule has 120 valence electrons. The van der Waals surface area contributed by atoms with Crippen LogP contribution >= 0.6 is 11.8 Å². The van der Waals surface area contributed by atoms with Gasteiger partial charge in [-0.1, -0.05) is 24.3 Å². The summed E-state index contributed by atoms with van der Waals surface area (Å²) < 4.78 is 18.1. The summed E-state index contributed by atoms with van der Waals surface area (Å²) in [6, 6.07) is 14.9. The molecular weight excluding hydrogens is 317 g/mol. The van der Waals surface area contributed by atoms with E-state index in [0.29, 0.717) is 5.69 Å². The number of carbonyl (C=O) groups is 2. The molecule has 0 aromatic heterocycles. The van der Waals surface area contributed by atoms with Gasteiger partial charge in [0.05, 0.1) is 5.75 Å². The molecule has 0 aliphatic rings. The Kier molecular flexibility index (Phi) is 6.17. The number of benzene rings is 2. The second-order valence-corrected chi connectivity index (χ2v) is 5.78. The predicted molar refractivity (Wildman–Crippen MR) is 87.7 cm³/mol. The fourth-order valence-corrected chi connectivity index (χ4v) is 2.46. The lowest BCUT2D eigenvalue weighted by Crippen LogP contribution is -2.30. The van der Waals surface area contributed by atoms with Crippen LogP contribution in [-0.4, -0.2) is 23.7 Å². The van der Waals surface area contributed by atoms with E-state index in [2.05, 4.69) is 5.32 Å². The number of esters is 1. The zero-order chi connectivity index (χ0) is 16.7. The van der Waals surface area contributed by atoms with Gasteiger partial charge in [0.15, 0.2) is 6.10 Å². The third-order valence-corrected chi connectivity index (χ3v) is 3.86. The van der Waals surface area contributed by atoms with Crippen LogP contribution in [0, 0.1) is 5.82 Å². The number of halogens is 1. The number of thioether (sulfide) groups is 1. The number of nitrogens with one attached hydrogen (secondary N) is 1. The van der Waals surface area contributed by atoms with Gasteiger partial charge in [-0.15, -0.1) is 11.8 Å². The van der Waals surface area contributed by atoms with Crippen molar-refractivity contribution in [3.63, 3.8) is 0 Å². The highest BCUT2D eigenvalue weighted by atomic mass is 32.2. The molecule has 1 atom stereocenters. The molecular formula is C17H16FNO3S. The molecule has 0 saturated heterocycles. The maximum atomic E-state index is 13.1. The van der Waals surface area contributed by atoms with Crippen LogP contribution in [0.25, 0.3) is 0 Å². The summed E-state index contributed by atoms with van der Waals surface area (Å²) in [6.45, 7) is 1.47. The van der Waals surface area contributed by atoms with Gasteiger partial charge < -0.3 is 10.1 Å². The summed E-state index contributed by atoms with van der Waals surface area (Å²) in [5.74, 6) is -1.33. The van der Waals surface area contributed by atoms with Gasteiger partial charge in [0, 0.05) is 10.6 Å². The zero-order valence-corrected chi connectivity index (χ0v) is 13.3. The second kappa shape index (κ2) is 8.33. The number of ether oxygens (including phenoxy) is 1. The minimum atomic E-state index is -0.956. The fourth-order valence-electron chi connectivity index (χ4n) is 1.75. The molecule has 0 aliphatic carbocycles. The van der Waals surface area contributed by atoms with E-state index < -0.39 is 23.8 Å². The van der Waals surface area contributed by atoms with Crippen molar-refractivity contribution < 1.29 is 18.7 Å². The molecule has 4 nitrogen and oxygen atoms in total. The maximum Gasteiger partial charge on any atom is 0.317 e. The topological polar surface area (TPSA) is 55.4 Å². The molecule has 0 radical (unpaired) electrons. The van der Waals surface area contributed by atoms with Crippen molar-refractivity contribution in [3.8, 4) is 0 Å². The van der Waals surface area contributed by atoms with E-state index in [0.717, 1.165) is 4.90 Å². The van der Waals surface area contributed by atoms with Crippen molar-refractivity contribution in [1.29, 1.82) is 0 Å². The first-order chi connectivity index (χ1) is 11.0. The molecule has 2 aromatic rings. The number of carbonyl (C=O) groups excluding carboxylic acids is 2. The Balaban J connectivity index is 1.79. The van der Waals surface area contributed by atoms with Crippen LogP contribution in [0.15, 0.2) is 59.5 Å². The van der Waals surface area contributed by atoms with Crippen molar-refractivity contribution in [2.45, 2.75) is 17.9 Å². The molecule has 2 aromatic carbocycles. The van der Waals surface area contributed by atoms with Crippen molar-refractivity contribution >= 4 is 29.3 Å². The van der Waals surface area contributed by atoms with Gasteiger partial charge in [0.25, 0.3) is 5.91 Å². The highest BCUT2D eigenvalue weighted by Gasteiger charge is 2.18. The normalized spacial score (nSPS) is 11.6. The number of rotatable bonds is 6. The largest absolute Gasteiger partial charge is 0.452 e. The monoisotopic (exact) mass is 333 g/mol. The van der Waals surface area contributed by atoms with Gasteiger partial charge in [0.2, 0.25) is 0 Å². The third-order valence-electron chi connectivity index (χ3n) is 2.87. The number of hydrogen-bond acceptors (Lipinski definition) is 4. The molecule has 0 heterocycles. The molecule has 0 unspecified atom stereocenters. The van der Waals surface area contributed by atoms with Gasteiger partial charge >= 0.3 is 5.97 Å². The Bertz CT molecular complexity index is 679. The first-order valence-electron chi connectivity index (χ1n) is 6.98. The van der Waals surface area contributed by atoms with Crippen LogP contribution in [-0.2, 0) is 14.3 Å². The van der Waals surface area contributed by atoms with Crippen LogP contribution in [0.5, 0.6) is 0 Å². The van der Waals surface area contributed by atoms with Gasteiger partial charge in [-0.3, -0.25) is 9.59 Å². The average molecular weight is 333 g/mol. The van der Waals surface area contributed by atoms with Crippen LogP contribution in [0.3, 0.4) is 0 Å². The van der Waals surface area contributed by atoms with E-state index in [1.54, 1.807) is 6.07 Å². The van der Waals surface area contributed by atoms with Gasteiger partial charge in [0.1, 0.15) is 5.82 Å².